The fraction of sp³-hybridized carbons (Fsp3) is 0.370. The van der Waals surface area contributed by atoms with E-state index in [9.17, 15) is 4.79 Å². The quantitative estimate of drug-likeness (QED) is 0.460. The van der Waals surface area contributed by atoms with Gasteiger partial charge in [-0.1, -0.05) is 31.2 Å². The van der Waals surface area contributed by atoms with Gasteiger partial charge in [0.15, 0.2) is 5.11 Å². The summed E-state index contributed by atoms with van der Waals surface area (Å²) in [5.74, 6) is -0.0176. The number of nitrogens with zero attached hydrogens (tertiary/aromatic N) is 3. The minimum atomic E-state index is -0.0894. The van der Waals surface area contributed by atoms with E-state index in [2.05, 4.69) is 71.2 Å². The van der Waals surface area contributed by atoms with Gasteiger partial charge in [-0.25, -0.2) is 0 Å². The van der Waals surface area contributed by atoms with Crippen LogP contribution >= 0.6 is 12.2 Å². The van der Waals surface area contributed by atoms with Gasteiger partial charge in [-0.05, 0) is 74.8 Å². The van der Waals surface area contributed by atoms with Crippen molar-refractivity contribution >= 4 is 28.9 Å². The maximum absolute atomic E-state index is 12.9. The lowest BCUT2D eigenvalue weighted by molar-refractivity contribution is -0.116. The summed E-state index contributed by atoms with van der Waals surface area (Å²) in [7, 11) is 0. The Morgan fingerprint density at radius 3 is 2.59 bits per heavy atom. The Balaban J connectivity index is 1.56. The Hall–Kier alpha value is -3.19. The summed E-state index contributed by atoms with van der Waals surface area (Å²) in [6.45, 7) is 9.15. The largest absolute Gasteiger partial charge is 0.352 e. The number of rotatable bonds is 7. The zero-order valence-corrected chi connectivity index (χ0v) is 21.1. The molecule has 4 rings (SSSR count). The second kappa shape index (κ2) is 9.97. The van der Waals surface area contributed by atoms with Crippen LogP contribution in [0.2, 0.25) is 0 Å². The second-order valence-corrected chi connectivity index (χ2v) is 10.0. The number of anilines is 1. The molecule has 2 unspecified atom stereocenters. The van der Waals surface area contributed by atoms with Crippen LogP contribution in [-0.2, 0) is 16.8 Å². The number of hydrogen-bond acceptors (Lipinski definition) is 3. The minimum absolute atomic E-state index is 0.0176. The Morgan fingerprint density at radius 2 is 1.91 bits per heavy atom. The Kier molecular flexibility index (Phi) is 7.03. The first kappa shape index (κ1) is 24.0. The van der Waals surface area contributed by atoms with Gasteiger partial charge in [0.25, 0.3) is 0 Å². The molecule has 2 aromatic heterocycles. The van der Waals surface area contributed by atoms with Crippen molar-refractivity contribution in [2.45, 2.75) is 58.2 Å². The second-order valence-electron chi connectivity index (χ2n) is 9.65. The van der Waals surface area contributed by atoms with Crippen LogP contribution in [0.15, 0.2) is 67.1 Å². The number of thiocarbonyl (C=S) groups is 1. The summed E-state index contributed by atoms with van der Waals surface area (Å²) >= 11 is 5.74. The zero-order chi connectivity index (χ0) is 24.3. The van der Waals surface area contributed by atoms with Crippen LogP contribution in [0.4, 0.5) is 5.69 Å². The van der Waals surface area contributed by atoms with E-state index in [1.165, 1.54) is 0 Å². The predicted octanol–water partition coefficient (Wildman–Crippen LogP) is 5.20. The SMILES string of the molecule is CCc1ccccc1NC(=O)CCN1C(=S)NC(c2ccccn2)C1c1ccn(C(C)(C)C)c1. The van der Waals surface area contributed by atoms with Crippen molar-refractivity contribution in [1.29, 1.82) is 0 Å². The zero-order valence-electron chi connectivity index (χ0n) is 20.3. The highest BCUT2D eigenvalue weighted by atomic mass is 32.1. The molecule has 0 radical (unpaired) electrons. The average molecular weight is 476 g/mol. The molecule has 1 fully saturated rings. The number of aryl methyl sites for hydroxylation is 1. The van der Waals surface area contributed by atoms with E-state index < -0.39 is 0 Å². The molecule has 34 heavy (non-hydrogen) atoms. The Bertz CT molecular complexity index is 1150. The molecule has 3 aromatic rings. The summed E-state index contributed by atoms with van der Waals surface area (Å²) in [4.78, 5) is 19.6. The van der Waals surface area contributed by atoms with Crippen molar-refractivity contribution < 1.29 is 4.79 Å². The number of para-hydroxylation sites is 1. The fourth-order valence-electron chi connectivity index (χ4n) is 4.40. The molecule has 1 aliphatic rings. The van der Waals surface area contributed by atoms with Gasteiger partial charge in [-0.2, -0.15) is 0 Å². The maximum atomic E-state index is 12.9. The van der Waals surface area contributed by atoms with Gasteiger partial charge >= 0.3 is 0 Å². The van der Waals surface area contributed by atoms with Crippen LogP contribution in [0, 0.1) is 0 Å². The molecule has 3 heterocycles. The molecule has 2 atom stereocenters. The molecule has 2 N–H and O–H groups in total. The van der Waals surface area contributed by atoms with Gasteiger partial charge in [-0.15, -0.1) is 0 Å². The van der Waals surface area contributed by atoms with Crippen LogP contribution in [0.5, 0.6) is 0 Å². The van der Waals surface area contributed by atoms with Crippen LogP contribution in [0.25, 0.3) is 0 Å². The van der Waals surface area contributed by atoms with Gasteiger partial charge in [-0.3, -0.25) is 9.78 Å². The number of carbonyl (C=O) groups is 1. The molecular formula is C27H33N5OS. The number of benzene rings is 1. The number of hydrogen-bond donors (Lipinski definition) is 2. The first-order valence-electron chi connectivity index (χ1n) is 11.8. The smallest absolute Gasteiger partial charge is 0.226 e. The van der Waals surface area contributed by atoms with Crippen molar-refractivity contribution in [1.82, 2.24) is 19.8 Å². The summed E-state index contributed by atoms with van der Waals surface area (Å²) in [6, 6.07) is 15.9. The highest BCUT2D eigenvalue weighted by Gasteiger charge is 2.40. The van der Waals surface area contributed by atoms with Crippen molar-refractivity contribution in [3.05, 3.63) is 83.9 Å². The molecule has 0 spiro atoms. The molecule has 0 bridgehead atoms. The Morgan fingerprint density at radius 1 is 1.15 bits per heavy atom. The van der Waals surface area contributed by atoms with Crippen LogP contribution in [0.3, 0.4) is 0 Å². The Labute approximate surface area is 207 Å². The molecule has 1 aliphatic heterocycles. The molecular weight excluding hydrogens is 442 g/mol. The van der Waals surface area contributed by atoms with Gasteiger partial charge < -0.3 is 20.1 Å². The van der Waals surface area contributed by atoms with E-state index in [1.807, 2.05) is 42.5 Å². The fourth-order valence-corrected chi connectivity index (χ4v) is 4.73. The molecule has 6 nitrogen and oxygen atoms in total. The topological polar surface area (TPSA) is 62.2 Å². The average Bonchev–Trinajstić information content (AvgIpc) is 3.43. The third-order valence-corrected chi connectivity index (χ3v) is 6.63. The number of carbonyl (C=O) groups excluding carboxylic acids is 1. The number of aromatic nitrogens is 2. The highest BCUT2D eigenvalue weighted by molar-refractivity contribution is 7.80. The summed E-state index contributed by atoms with van der Waals surface area (Å²) in [6.07, 6.45) is 7.30. The van der Waals surface area contributed by atoms with Crippen molar-refractivity contribution in [3.63, 3.8) is 0 Å². The van der Waals surface area contributed by atoms with Gasteiger partial charge in [0.05, 0.1) is 17.8 Å². The number of pyridine rings is 1. The molecule has 1 saturated heterocycles. The van der Waals surface area contributed by atoms with Gasteiger partial charge in [0, 0.05) is 42.8 Å². The lowest BCUT2D eigenvalue weighted by Crippen LogP contribution is -2.32. The lowest BCUT2D eigenvalue weighted by atomic mass is 9.99. The molecule has 0 saturated carbocycles. The first-order chi connectivity index (χ1) is 16.3. The van der Waals surface area contributed by atoms with Crippen molar-refractivity contribution in [2.24, 2.45) is 0 Å². The summed E-state index contributed by atoms with van der Waals surface area (Å²) in [5, 5.41) is 7.18. The first-order valence-corrected chi connectivity index (χ1v) is 12.2. The van der Waals surface area contributed by atoms with Crippen LogP contribution < -0.4 is 10.6 Å². The van der Waals surface area contributed by atoms with E-state index >= 15 is 0 Å². The minimum Gasteiger partial charge on any atom is -0.352 e. The maximum Gasteiger partial charge on any atom is 0.226 e. The van der Waals surface area contributed by atoms with Gasteiger partial charge in [0.2, 0.25) is 5.91 Å². The molecule has 178 valence electrons. The summed E-state index contributed by atoms with van der Waals surface area (Å²) < 4.78 is 2.21. The van der Waals surface area contributed by atoms with Crippen molar-refractivity contribution in [3.8, 4) is 0 Å². The van der Waals surface area contributed by atoms with Gasteiger partial charge in [0.1, 0.15) is 0 Å². The summed E-state index contributed by atoms with van der Waals surface area (Å²) in [5.41, 5.74) is 4.06. The van der Waals surface area contributed by atoms with E-state index in [0.29, 0.717) is 18.1 Å². The van der Waals surface area contributed by atoms with E-state index in [0.717, 1.165) is 28.9 Å². The number of nitrogens with one attached hydrogen (secondary N) is 2. The predicted molar refractivity (Wildman–Crippen MR) is 141 cm³/mol. The monoisotopic (exact) mass is 475 g/mol. The van der Waals surface area contributed by atoms with Crippen LogP contribution in [0.1, 0.15) is 63.0 Å². The molecule has 1 aromatic carbocycles. The lowest BCUT2D eigenvalue weighted by Gasteiger charge is -2.27. The third-order valence-electron chi connectivity index (χ3n) is 6.28. The van der Waals surface area contributed by atoms with Crippen molar-refractivity contribution in [2.75, 3.05) is 11.9 Å². The third kappa shape index (κ3) is 5.14. The van der Waals surface area contributed by atoms with Crippen LogP contribution in [-0.4, -0.2) is 32.0 Å². The molecule has 1 amide bonds. The van der Waals surface area contributed by atoms with E-state index in [-0.39, 0.29) is 23.5 Å². The standard InChI is InChI=1S/C27H33N5OS/c1-5-19-10-6-7-11-21(19)29-23(33)14-17-32-25(20-13-16-31(18-20)27(2,3)4)24(30-26(32)34)22-12-8-9-15-28-22/h6-13,15-16,18,24-25H,5,14,17H2,1-4H3,(H,29,33)(H,30,34). The molecule has 7 heteroatoms. The normalized spacial score (nSPS) is 18.1. The van der Waals surface area contributed by atoms with E-state index in [4.69, 9.17) is 12.2 Å². The number of amides is 1. The highest BCUT2D eigenvalue weighted by Crippen LogP contribution is 2.39. The molecule has 0 aliphatic carbocycles. The van der Waals surface area contributed by atoms with E-state index in [1.54, 1.807) is 6.20 Å².